The van der Waals surface area contributed by atoms with Crippen molar-refractivity contribution in [2.24, 2.45) is 11.3 Å². The van der Waals surface area contributed by atoms with Crippen molar-refractivity contribution >= 4 is 21.8 Å². The van der Waals surface area contributed by atoms with Gasteiger partial charge in [-0.3, -0.25) is 4.79 Å². The van der Waals surface area contributed by atoms with Crippen molar-refractivity contribution in [3.8, 4) is 0 Å². The van der Waals surface area contributed by atoms with E-state index in [0.29, 0.717) is 19.1 Å². The zero-order valence-corrected chi connectivity index (χ0v) is 12.8. The van der Waals surface area contributed by atoms with Crippen LogP contribution in [-0.4, -0.2) is 42.9 Å². The largest absolute Gasteiger partial charge is 0.383 e. The number of alkyl halides is 1. The molecule has 0 saturated heterocycles. The van der Waals surface area contributed by atoms with Crippen LogP contribution in [-0.2, 0) is 9.53 Å². The van der Waals surface area contributed by atoms with Crippen molar-refractivity contribution in [3.05, 3.63) is 0 Å². The maximum absolute atomic E-state index is 12.5. The average molecular weight is 306 g/mol. The van der Waals surface area contributed by atoms with E-state index in [0.717, 1.165) is 24.7 Å². The summed E-state index contributed by atoms with van der Waals surface area (Å²) in [5.41, 5.74) is 0.161. The van der Waals surface area contributed by atoms with Gasteiger partial charge in [-0.05, 0) is 18.3 Å². The van der Waals surface area contributed by atoms with Crippen molar-refractivity contribution in [3.63, 3.8) is 0 Å². The van der Waals surface area contributed by atoms with Crippen LogP contribution >= 0.6 is 15.9 Å². The van der Waals surface area contributed by atoms with Crippen LogP contribution in [0, 0.1) is 11.3 Å². The summed E-state index contributed by atoms with van der Waals surface area (Å²) >= 11 is 3.41. The lowest BCUT2D eigenvalue weighted by atomic mass is 9.81. The fourth-order valence-corrected chi connectivity index (χ4v) is 3.07. The molecular weight excluding hydrogens is 282 g/mol. The molecule has 4 heteroatoms. The van der Waals surface area contributed by atoms with Gasteiger partial charge in [-0.15, -0.1) is 0 Å². The number of methoxy groups -OCH3 is 1. The van der Waals surface area contributed by atoms with Gasteiger partial charge in [0.25, 0.3) is 0 Å². The number of carbonyl (C=O) groups excluding carboxylic acids is 1. The van der Waals surface area contributed by atoms with Crippen LogP contribution in [0.15, 0.2) is 0 Å². The smallest absolute Gasteiger partial charge is 0.226 e. The van der Waals surface area contributed by atoms with Crippen LogP contribution in [0.3, 0.4) is 0 Å². The molecule has 1 unspecified atom stereocenters. The van der Waals surface area contributed by atoms with Crippen molar-refractivity contribution < 1.29 is 9.53 Å². The molecule has 1 aliphatic carbocycles. The van der Waals surface area contributed by atoms with Crippen molar-refractivity contribution in [1.82, 2.24) is 4.90 Å². The Balaban J connectivity index is 2.63. The van der Waals surface area contributed by atoms with E-state index in [2.05, 4.69) is 29.8 Å². The summed E-state index contributed by atoms with van der Waals surface area (Å²) in [7, 11) is 1.68. The van der Waals surface area contributed by atoms with E-state index in [1.54, 1.807) is 7.11 Å². The molecule has 3 nitrogen and oxygen atoms in total. The minimum atomic E-state index is 0.161. The number of carbonyl (C=O) groups is 1. The Kier molecular flexibility index (Phi) is 5.93. The van der Waals surface area contributed by atoms with Crippen LogP contribution in [0.2, 0.25) is 0 Å². The normalized spacial score (nSPS) is 22.7. The molecule has 0 N–H and O–H groups in total. The summed E-state index contributed by atoms with van der Waals surface area (Å²) in [5.74, 6) is 0.502. The molecule has 1 amide bonds. The van der Waals surface area contributed by atoms with Crippen LogP contribution in [0.1, 0.15) is 33.1 Å². The number of ether oxygens (including phenoxy) is 1. The highest BCUT2D eigenvalue weighted by Gasteiger charge is 2.40. The molecule has 0 aromatic carbocycles. The third-order valence-corrected chi connectivity index (χ3v) is 4.14. The van der Waals surface area contributed by atoms with Crippen LogP contribution in [0.5, 0.6) is 0 Å². The standard InChI is InChI=1S/C13H24BrNO2/c1-13(2)6-4-5-11(13)12(16)15(8-7-14)9-10-17-3/h11H,4-10H2,1-3H3. The van der Waals surface area contributed by atoms with E-state index in [1.165, 1.54) is 6.42 Å². The quantitative estimate of drug-likeness (QED) is 0.706. The summed E-state index contributed by atoms with van der Waals surface area (Å²) < 4.78 is 5.07. The van der Waals surface area contributed by atoms with Gasteiger partial charge < -0.3 is 9.64 Å². The van der Waals surface area contributed by atoms with Gasteiger partial charge in [-0.1, -0.05) is 36.2 Å². The number of rotatable bonds is 6. The van der Waals surface area contributed by atoms with Gasteiger partial charge in [0.2, 0.25) is 5.91 Å². The first-order chi connectivity index (χ1) is 8.03. The summed E-state index contributed by atoms with van der Waals surface area (Å²) in [6.45, 7) is 6.52. The van der Waals surface area contributed by atoms with E-state index in [9.17, 15) is 4.79 Å². The van der Waals surface area contributed by atoms with Crippen molar-refractivity contribution in [2.45, 2.75) is 33.1 Å². The van der Waals surface area contributed by atoms with Crippen LogP contribution < -0.4 is 0 Å². The molecule has 1 fully saturated rings. The van der Waals surface area contributed by atoms with E-state index >= 15 is 0 Å². The maximum atomic E-state index is 12.5. The first-order valence-electron chi connectivity index (χ1n) is 6.36. The zero-order valence-electron chi connectivity index (χ0n) is 11.2. The SMILES string of the molecule is COCCN(CCBr)C(=O)C1CCCC1(C)C. The Hall–Kier alpha value is -0.0900. The second kappa shape index (κ2) is 6.74. The van der Waals surface area contributed by atoms with Crippen LogP contribution in [0.25, 0.3) is 0 Å². The number of hydrogen-bond acceptors (Lipinski definition) is 2. The van der Waals surface area contributed by atoms with Gasteiger partial charge in [-0.25, -0.2) is 0 Å². The molecule has 1 aliphatic rings. The third-order valence-electron chi connectivity index (χ3n) is 3.79. The van der Waals surface area contributed by atoms with E-state index in [1.807, 2.05) is 4.90 Å². The predicted molar refractivity (Wildman–Crippen MR) is 73.4 cm³/mol. The average Bonchev–Trinajstić information content (AvgIpc) is 2.63. The van der Waals surface area contributed by atoms with Gasteiger partial charge in [0.05, 0.1) is 6.61 Å². The molecule has 0 aromatic heterocycles. The van der Waals surface area contributed by atoms with Crippen molar-refractivity contribution in [2.75, 3.05) is 32.1 Å². The fourth-order valence-electron chi connectivity index (χ4n) is 2.64. The Morgan fingerprint density at radius 3 is 2.65 bits per heavy atom. The first kappa shape index (κ1) is 15.0. The summed E-state index contributed by atoms with van der Waals surface area (Å²) in [4.78, 5) is 14.4. The molecule has 0 heterocycles. The molecule has 0 aliphatic heterocycles. The predicted octanol–water partition coefficient (Wildman–Crippen LogP) is 2.68. The fraction of sp³-hybridized carbons (Fsp3) is 0.923. The number of nitrogens with zero attached hydrogens (tertiary/aromatic N) is 1. The molecule has 0 bridgehead atoms. The number of amides is 1. The highest BCUT2D eigenvalue weighted by molar-refractivity contribution is 9.09. The minimum absolute atomic E-state index is 0.161. The lowest BCUT2D eigenvalue weighted by Gasteiger charge is -2.31. The second-order valence-corrected chi connectivity index (χ2v) is 6.23. The van der Waals surface area contributed by atoms with Crippen LogP contribution in [0.4, 0.5) is 0 Å². The molecular formula is C13H24BrNO2. The molecule has 1 saturated carbocycles. The minimum Gasteiger partial charge on any atom is -0.383 e. The molecule has 0 spiro atoms. The lowest BCUT2D eigenvalue weighted by Crippen LogP contribution is -2.42. The molecule has 1 rings (SSSR count). The van der Waals surface area contributed by atoms with Gasteiger partial charge >= 0.3 is 0 Å². The molecule has 100 valence electrons. The van der Waals surface area contributed by atoms with Gasteiger partial charge in [0.1, 0.15) is 0 Å². The number of halogens is 1. The first-order valence-corrected chi connectivity index (χ1v) is 7.48. The van der Waals surface area contributed by atoms with E-state index in [4.69, 9.17) is 4.74 Å². The molecule has 0 radical (unpaired) electrons. The highest BCUT2D eigenvalue weighted by atomic mass is 79.9. The maximum Gasteiger partial charge on any atom is 0.226 e. The monoisotopic (exact) mass is 305 g/mol. The third kappa shape index (κ3) is 3.95. The van der Waals surface area contributed by atoms with Gasteiger partial charge in [0.15, 0.2) is 0 Å². The Bertz CT molecular complexity index is 256. The topological polar surface area (TPSA) is 29.5 Å². The van der Waals surface area contributed by atoms with Gasteiger partial charge in [-0.2, -0.15) is 0 Å². The van der Waals surface area contributed by atoms with E-state index in [-0.39, 0.29) is 11.3 Å². The van der Waals surface area contributed by atoms with Crippen molar-refractivity contribution in [1.29, 1.82) is 0 Å². The van der Waals surface area contributed by atoms with Gasteiger partial charge in [0, 0.05) is 31.4 Å². The lowest BCUT2D eigenvalue weighted by molar-refractivity contribution is -0.138. The Labute approximate surface area is 113 Å². The molecule has 17 heavy (non-hydrogen) atoms. The Morgan fingerprint density at radius 2 is 2.18 bits per heavy atom. The zero-order chi connectivity index (χ0) is 12.9. The molecule has 0 aromatic rings. The summed E-state index contributed by atoms with van der Waals surface area (Å²) in [6, 6.07) is 0. The summed E-state index contributed by atoms with van der Waals surface area (Å²) in [5, 5.41) is 0.829. The Morgan fingerprint density at radius 1 is 1.47 bits per heavy atom. The number of hydrogen-bond donors (Lipinski definition) is 0. The highest BCUT2D eigenvalue weighted by Crippen LogP contribution is 2.43. The summed E-state index contributed by atoms with van der Waals surface area (Å²) in [6.07, 6.45) is 3.38. The van der Waals surface area contributed by atoms with E-state index < -0.39 is 0 Å². The molecule has 1 atom stereocenters. The second-order valence-electron chi connectivity index (χ2n) is 5.44.